The van der Waals surface area contributed by atoms with Crippen molar-refractivity contribution in [3.63, 3.8) is 0 Å². The maximum atomic E-state index is 12.2. The highest BCUT2D eigenvalue weighted by molar-refractivity contribution is 5.95. The lowest BCUT2D eigenvalue weighted by Crippen LogP contribution is -2.43. The third-order valence-electron chi connectivity index (χ3n) is 4.01. The highest BCUT2D eigenvalue weighted by atomic mass is 35.5. The number of anilines is 1. The van der Waals surface area contributed by atoms with Crippen molar-refractivity contribution in [3.8, 4) is 5.69 Å². The smallest absolute Gasteiger partial charge is 0.241 e. The zero-order chi connectivity index (χ0) is 15.4. The first kappa shape index (κ1) is 20.4. The van der Waals surface area contributed by atoms with Crippen LogP contribution in [0.25, 0.3) is 5.69 Å². The lowest BCUT2D eigenvalue weighted by Gasteiger charge is -2.26. The molecule has 2 aromatic rings. The van der Waals surface area contributed by atoms with Crippen LogP contribution in [0.1, 0.15) is 12.8 Å². The van der Waals surface area contributed by atoms with E-state index in [9.17, 15) is 4.79 Å². The molecular formula is C16H22Cl2N4O2. The standard InChI is InChI=1S/C16H20N4O2.2ClH/c17-15(12-5-9-22-10-6-12)16(21)19-13-1-3-14(4-2-13)20-8-7-18-11-20;;/h1-4,7-8,11-12,15H,5-6,9-10,17H2,(H,19,21);2*1H. The summed E-state index contributed by atoms with van der Waals surface area (Å²) in [6.07, 6.45) is 7.01. The summed E-state index contributed by atoms with van der Waals surface area (Å²) >= 11 is 0. The van der Waals surface area contributed by atoms with Crippen molar-refractivity contribution in [3.05, 3.63) is 43.0 Å². The Bertz CT molecular complexity index is 614. The summed E-state index contributed by atoms with van der Waals surface area (Å²) in [4.78, 5) is 16.2. The third kappa shape index (κ3) is 4.95. The van der Waals surface area contributed by atoms with Gasteiger partial charge in [-0.25, -0.2) is 4.98 Å². The number of hydrogen-bond acceptors (Lipinski definition) is 4. The Morgan fingerprint density at radius 2 is 1.92 bits per heavy atom. The van der Waals surface area contributed by atoms with E-state index in [0.717, 1.165) is 24.2 Å². The Labute approximate surface area is 153 Å². The molecular weight excluding hydrogens is 351 g/mol. The Balaban J connectivity index is 0.00000144. The van der Waals surface area contributed by atoms with Crippen LogP contribution in [0.2, 0.25) is 0 Å². The van der Waals surface area contributed by atoms with Crippen molar-refractivity contribution >= 4 is 36.4 Å². The van der Waals surface area contributed by atoms with E-state index in [1.807, 2.05) is 35.0 Å². The number of aromatic nitrogens is 2. The van der Waals surface area contributed by atoms with E-state index in [4.69, 9.17) is 10.5 Å². The molecule has 3 rings (SSSR count). The first-order valence-corrected chi connectivity index (χ1v) is 7.46. The number of nitrogens with one attached hydrogen (secondary N) is 1. The van der Waals surface area contributed by atoms with Gasteiger partial charge in [0.05, 0.1) is 12.4 Å². The molecule has 132 valence electrons. The summed E-state index contributed by atoms with van der Waals surface area (Å²) < 4.78 is 7.20. The summed E-state index contributed by atoms with van der Waals surface area (Å²) in [5.41, 5.74) is 7.80. The van der Waals surface area contributed by atoms with E-state index in [-0.39, 0.29) is 36.6 Å². The number of imidazole rings is 1. The molecule has 8 heteroatoms. The molecule has 1 aliphatic heterocycles. The van der Waals surface area contributed by atoms with Crippen molar-refractivity contribution in [2.45, 2.75) is 18.9 Å². The first-order chi connectivity index (χ1) is 10.7. The Morgan fingerprint density at radius 3 is 2.50 bits per heavy atom. The summed E-state index contributed by atoms with van der Waals surface area (Å²) in [6.45, 7) is 1.37. The van der Waals surface area contributed by atoms with Gasteiger partial charge in [-0.1, -0.05) is 0 Å². The van der Waals surface area contributed by atoms with Gasteiger partial charge in [-0.3, -0.25) is 4.79 Å². The zero-order valence-corrected chi connectivity index (χ0v) is 14.8. The van der Waals surface area contributed by atoms with E-state index in [2.05, 4.69) is 10.3 Å². The van der Waals surface area contributed by atoms with Crippen LogP contribution < -0.4 is 11.1 Å². The highest BCUT2D eigenvalue weighted by Crippen LogP contribution is 2.19. The van der Waals surface area contributed by atoms with E-state index in [1.54, 1.807) is 12.5 Å². The van der Waals surface area contributed by atoms with Crippen molar-refractivity contribution in [2.24, 2.45) is 11.7 Å². The quantitative estimate of drug-likeness (QED) is 0.862. The monoisotopic (exact) mass is 372 g/mol. The molecule has 6 nitrogen and oxygen atoms in total. The molecule has 0 aliphatic carbocycles. The number of nitrogens with two attached hydrogens (primary N) is 1. The molecule has 1 unspecified atom stereocenters. The summed E-state index contributed by atoms with van der Waals surface area (Å²) in [6, 6.07) is 7.10. The Morgan fingerprint density at radius 1 is 1.25 bits per heavy atom. The van der Waals surface area contributed by atoms with Crippen molar-refractivity contribution in [1.82, 2.24) is 9.55 Å². The molecule has 3 N–H and O–H groups in total. The molecule has 1 saturated heterocycles. The van der Waals surface area contributed by atoms with Crippen LogP contribution in [-0.4, -0.2) is 34.7 Å². The predicted octanol–water partition coefficient (Wildman–Crippen LogP) is 2.41. The second-order valence-corrected chi connectivity index (χ2v) is 5.48. The van der Waals surface area contributed by atoms with Crippen LogP contribution in [0.4, 0.5) is 5.69 Å². The summed E-state index contributed by atoms with van der Waals surface area (Å²) in [7, 11) is 0. The highest BCUT2D eigenvalue weighted by Gasteiger charge is 2.26. The molecule has 0 saturated carbocycles. The maximum absolute atomic E-state index is 12.2. The van der Waals surface area contributed by atoms with Gasteiger partial charge in [0.2, 0.25) is 5.91 Å². The van der Waals surface area contributed by atoms with Crippen molar-refractivity contribution in [2.75, 3.05) is 18.5 Å². The van der Waals surface area contributed by atoms with Gasteiger partial charge < -0.3 is 20.4 Å². The number of carbonyl (C=O) groups is 1. The fourth-order valence-corrected chi connectivity index (χ4v) is 2.64. The topological polar surface area (TPSA) is 82.2 Å². The van der Waals surface area contributed by atoms with Crippen molar-refractivity contribution < 1.29 is 9.53 Å². The van der Waals surface area contributed by atoms with Crippen LogP contribution in [0, 0.1) is 5.92 Å². The number of nitrogens with zero attached hydrogens (tertiary/aromatic N) is 2. The average Bonchev–Trinajstić information content (AvgIpc) is 3.10. The minimum Gasteiger partial charge on any atom is -0.381 e. The van der Waals surface area contributed by atoms with E-state index in [0.29, 0.717) is 13.2 Å². The normalized spacial score (nSPS) is 15.7. The zero-order valence-electron chi connectivity index (χ0n) is 13.1. The molecule has 1 aromatic heterocycles. The van der Waals surface area contributed by atoms with E-state index in [1.165, 1.54) is 0 Å². The van der Waals surface area contributed by atoms with Gasteiger partial charge in [-0.2, -0.15) is 0 Å². The van der Waals surface area contributed by atoms with Gasteiger partial charge in [-0.05, 0) is 43.0 Å². The summed E-state index contributed by atoms with van der Waals surface area (Å²) in [5, 5.41) is 2.88. The molecule has 1 aliphatic rings. The lowest BCUT2D eigenvalue weighted by molar-refractivity contribution is -0.119. The molecule has 0 radical (unpaired) electrons. The van der Waals surface area contributed by atoms with Crippen LogP contribution in [-0.2, 0) is 9.53 Å². The molecule has 1 atom stereocenters. The molecule has 1 fully saturated rings. The molecule has 24 heavy (non-hydrogen) atoms. The Hall–Kier alpha value is -1.60. The van der Waals surface area contributed by atoms with Gasteiger partial charge in [0.25, 0.3) is 0 Å². The predicted molar refractivity (Wildman–Crippen MR) is 98.2 cm³/mol. The number of hydrogen-bond donors (Lipinski definition) is 2. The second-order valence-electron chi connectivity index (χ2n) is 5.48. The van der Waals surface area contributed by atoms with Gasteiger partial charge in [-0.15, -0.1) is 24.8 Å². The first-order valence-electron chi connectivity index (χ1n) is 7.46. The fourth-order valence-electron chi connectivity index (χ4n) is 2.64. The molecule has 0 spiro atoms. The van der Waals surface area contributed by atoms with Crippen molar-refractivity contribution in [1.29, 1.82) is 0 Å². The van der Waals surface area contributed by atoms with Crippen LogP contribution in [0.15, 0.2) is 43.0 Å². The largest absolute Gasteiger partial charge is 0.381 e. The SMILES string of the molecule is Cl.Cl.NC(C(=O)Nc1ccc(-n2ccnc2)cc1)C1CCOCC1. The van der Waals surface area contributed by atoms with E-state index < -0.39 is 6.04 Å². The molecule has 0 bridgehead atoms. The minimum atomic E-state index is -0.489. The Kier molecular flexibility index (Phi) is 8.21. The number of rotatable bonds is 4. The summed E-state index contributed by atoms with van der Waals surface area (Å²) in [5.74, 6) is 0.0567. The molecule has 2 heterocycles. The number of amides is 1. The number of carbonyl (C=O) groups excluding carboxylic acids is 1. The van der Waals surface area contributed by atoms with Gasteiger partial charge >= 0.3 is 0 Å². The van der Waals surface area contributed by atoms with Gasteiger partial charge in [0.1, 0.15) is 0 Å². The fraction of sp³-hybridized carbons (Fsp3) is 0.375. The van der Waals surface area contributed by atoms with Gasteiger partial charge in [0.15, 0.2) is 0 Å². The average molecular weight is 373 g/mol. The van der Waals surface area contributed by atoms with Crippen LogP contribution in [0.5, 0.6) is 0 Å². The second kappa shape index (κ2) is 9.64. The number of benzene rings is 1. The minimum absolute atomic E-state index is 0. The molecule has 1 aromatic carbocycles. The third-order valence-corrected chi connectivity index (χ3v) is 4.01. The number of ether oxygens (including phenoxy) is 1. The number of halogens is 2. The van der Waals surface area contributed by atoms with E-state index >= 15 is 0 Å². The van der Waals surface area contributed by atoms with Gasteiger partial charge in [0, 0.05) is 37.0 Å². The van der Waals surface area contributed by atoms with Crippen LogP contribution >= 0.6 is 24.8 Å². The van der Waals surface area contributed by atoms with Crippen LogP contribution in [0.3, 0.4) is 0 Å². The maximum Gasteiger partial charge on any atom is 0.241 e. The lowest BCUT2D eigenvalue weighted by atomic mass is 9.92. The molecule has 1 amide bonds.